The van der Waals surface area contributed by atoms with E-state index in [1.807, 2.05) is 13.0 Å². The van der Waals surface area contributed by atoms with E-state index in [0.717, 1.165) is 24.9 Å². The molecule has 0 aliphatic heterocycles. The van der Waals surface area contributed by atoms with Gasteiger partial charge in [0.15, 0.2) is 0 Å². The lowest BCUT2D eigenvalue weighted by molar-refractivity contribution is 0.543. The Labute approximate surface area is 127 Å². The van der Waals surface area contributed by atoms with E-state index >= 15 is 0 Å². The van der Waals surface area contributed by atoms with Gasteiger partial charge in [-0.15, -0.1) is 0 Å². The molecule has 0 heterocycles. The van der Waals surface area contributed by atoms with Crippen molar-refractivity contribution in [1.29, 1.82) is 0 Å². The second-order valence-corrected chi connectivity index (χ2v) is 5.44. The number of nitrogens with one attached hydrogen (secondary N) is 1. The molecule has 1 nitrogen and oxygen atoms in total. The van der Waals surface area contributed by atoms with Crippen molar-refractivity contribution in [3.8, 4) is 0 Å². The van der Waals surface area contributed by atoms with E-state index in [1.54, 1.807) is 12.1 Å². The Morgan fingerprint density at radius 1 is 1.05 bits per heavy atom. The molecule has 112 valence electrons. The Hall–Kier alpha value is -1.67. The second kappa shape index (κ2) is 7.37. The predicted molar refractivity (Wildman–Crippen MR) is 87.1 cm³/mol. The molecule has 0 saturated heterocycles. The quantitative estimate of drug-likeness (QED) is 0.818. The van der Waals surface area contributed by atoms with Gasteiger partial charge in [-0.3, -0.25) is 0 Å². The lowest BCUT2D eigenvalue weighted by atomic mass is 9.92. The molecule has 21 heavy (non-hydrogen) atoms. The van der Waals surface area contributed by atoms with Crippen molar-refractivity contribution >= 4 is 0 Å². The van der Waals surface area contributed by atoms with Crippen molar-refractivity contribution in [2.75, 3.05) is 6.54 Å². The van der Waals surface area contributed by atoms with E-state index < -0.39 is 0 Å². The number of benzene rings is 2. The summed E-state index contributed by atoms with van der Waals surface area (Å²) in [6, 6.07) is 13.9. The van der Waals surface area contributed by atoms with Crippen LogP contribution in [0.25, 0.3) is 0 Å². The second-order valence-electron chi connectivity index (χ2n) is 5.44. The number of halogens is 1. The van der Waals surface area contributed by atoms with Crippen LogP contribution in [0.3, 0.4) is 0 Å². The SMILES string of the molecule is CCNC(Cc1ccc(F)cc1C)c1ccccc1CC. The van der Waals surface area contributed by atoms with Crippen LogP contribution >= 0.6 is 0 Å². The maximum absolute atomic E-state index is 13.3. The van der Waals surface area contributed by atoms with Crippen molar-refractivity contribution < 1.29 is 4.39 Å². The molecule has 0 fully saturated rings. The molecule has 0 aliphatic rings. The summed E-state index contributed by atoms with van der Waals surface area (Å²) < 4.78 is 13.3. The van der Waals surface area contributed by atoms with Gasteiger partial charge in [0.05, 0.1) is 0 Å². The first-order valence-electron chi connectivity index (χ1n) is 7.71. The van der Waals surface area contributed by atoms with Gasteiger partial charge < -0.3 is 5.32 Å². The zero-order chi connectivity index (χ0) is 15.2. The van der Waals surface area contributed by atoms with E-state index in [0.29, 0.717) is 0 Å². The van der Waals surface area contributed by atoms with Gasteiger partial charge in [0.1, 0.15) is 5.82 Å². The molecule has 1 N–H and O–H groups in total. The number of hydrogen-bond donors (Lipinski definition) is 1. The summed E-state index contributed by atoms with van der Waals surface area (Å²) in [5, 5.41) is 3.57. The monoisotopic (exact) mass is 285 g/mol. The van der Waals surface area contributed by atoms with Crippen LogP contribution < -0.4 is 5.32 Å². The first kappa shape index (κ1) is 15.7. The number of rotatable bonds is 6. The molecule has 0 amide bonds. The molecule has 2 rings (SSSR count). The van der Waals surface area contributed by atoms with E-state index in [9.17, 15) is 4.39 Å². The van der Waals surface area contributed by atoms with Crippen LogP contribution in [0.15, 0.2) is 42.5 Å². The molecule has 0 radical (unpaired) electrons. The summed E-state index contributed by atoms with van der Waals surface area (Å²) in [6.45, 7) is 7.21. The van der Waals surface area contributed by atoms with Crippen LogP contribution in [-0.2, 0) is 12.8 Å². The van der Waals surface area contributed by atoms with Gasteiger partial charge in [0, 0.05) is 6.04 Å². The van der Waals surface area contributed by atoms with Crippen LogP contribution in [0.4, 0.5) is 4.39 Å². The lowest BCUT2D eigenvalue weighted by Crippen LogP contribution is -2.24. The Kier molecular flexibility index (Phi) is 5.51. The minimum atomic E-state index is -0.162. The third-order valence-electron chi connectivity index (χ3n) is 3.99. The van der Waals surface area contributed by atoms with E-state index in [4.69, 9.17) is 0 Å². The molecule has 0 saturated carbocycles. The van der Waals surface area contributed by atoms with Crippen LogP contribution in [-0.4, -0.2) is 6.54 Å². The Morgan fingerprint density at radius 2 is 1.81 bits per heavy atom. The molecule has 2 aromatic carbocycles. The topological polar surface area (TPSA) is 12.0 Å². The zero-order valence-electron chi connectivity index (χ0n) is 13.1. The molecule has 2 aromatic rings. The Balaban J connectivity index is 2.30. The average molecular weight is 285 g/mol. The van der Waals surface area contributed by atoms with Gasteiger partial charge in [0.2, 0.25) is 0 Å². The molecule has 1 atom stereocenters. The van der Waals surface area contributed by atoms with Crippen molar-refractivity contribution in [1.82, 2.24) is 5.32 Å². The lowest BCUT2D eigenvalue weighted by Gasteiger charge is -2.22. The van der Waals surface area contributed by atoms with Crippen molar-refractivity contribution in [2.24, 2.45) is 0 Å². The largest absolute Gasteiger partial charge is 0.310 e. The van der Waals surface area contributed by atoms with Gasteiger partial charge in [-0.1, -0.05) is 44.2 Å². The maximum atomic E-state index is 13.3. The minimum absolute atomic E-state index is 0.162. The number of likely N-dealkylation sites (N-methyl/N-ethyl adjacent to an activating group) is 1. The summed E-state index contributed by atoms with van der Waals surface area (Å²) in [7, 11) is 0. The molecule has 0 aliphatic carbocycles. The third kappa shape index (κ3) is 3.92. The minimum Gasteiger partial charge on any atom is -0.310 e. The molecule has 0 aromatic heterocycles. The van der Waals surface area contributed by atoms with Crippen LogP contribution in [0.1, 0.15) is 42.1 Å². The van der Waals surface area contributed by atoms with Crippen LogP contribution in [0, 0.1) is 12.7 Å². The first-order valence-corrected chi connectivity index (χ1v) is 7.71. The van der Waals surface area contributed by atoms with Crippen molar-refractivity contribution in [3.05, 3.63) is 70.5 Å². The average Bonchev–Trinajstić information content (AvgIpc) is 2.49. The maximum Gasteiger partial charge on any atom is 0.123 e. The zero-order valence-corrected chi connectivity index (χ0v) is 13.1. The highest BCUT2D eigenvalue weighted by Crippen LogP contribution is 2.24. The summed E-state index contributed by atoms with van der Waals surface area (Å²) in [5.41, 5.74) is 4.95. The van der Waals surface area contributed by atoms with Gasteiger partial charge in [0.25, 0.3) is 0 Å². The normalized spacial score (nSPS) is 12.4. The summed E-state index contributed by atoms with van der Waals surface area (Å²) in [4.78, 5) is 0. The number of aryl methyl sites for hydroxylation is 2. The summed E-state index contributed by atoms with van der Waals surface area (Å²) >= 11 is 0. The molecule has 1 unspecified atom stereocenters. The summed E-state index contributed by atoms with van der Waals surface area (Å²) in [6.07, 6.45) is 1.91. The highest BCUT2D eigenvalue weighted by Gasteiger charge is 2.15. The molecular formula is C19H24FN. The molecule has 2 heteroatoms. The highest BCUT2D eigenvalue weighted by molar-refractivity contribution is 5.34. The Bertz CT molecular complexity index is 592. The van der Waals surface area contributed by atoms with E-state index in [-0.39, 0.29) is 11.9 Å². The van der Waals surface area contributed by atoms with Crippen molar-refractivity contribution in [3.63, 3.8) is 0 Å². The Morgan fingerprint density at radius 3 is 2.48 bits per heavy atom. The van der Waals surface area contributed by atoms with E-state index in [1.165, 1.54) is 16.7 Å². The third-order valence-corrected chi connectivity index (χ3v) is 3.99. The molecular weight excluding hydrogens is 261 g/mol. The van der Waals surface area contributed by atoms with Crippen LogP contribution in [0.5, 0.6) is 0 Å². The van der Waals surface area contributed by atoms with Gasteiger partial charge in [-0.05, 0) is 60.7 Å². The fraction of sp³-hybridized carbons (Fsp3) is 0.368. The highest BCUT2D eigenvalue weighted by atomic mass is 19.1. The van der Waals surface area contributed by atoms with E-state index in [2.05, 4.69) is 43.4 Å². The smallest absolute Gasteiger partial charge is 0.123 e. The summed E-state index contributed by atoms with van der Waals surface area (Å²) in [5.74, 6) is -0.162. The fourth-order valence-electron chi connectivity index (χ4n) is 2.84. The number of hydrogen-bond acceptors (Lipinski definition) is 1. The fourth-order valence-corrected chi connectivity index (χ4v) is 2.84. The first-order chi connectivity index (χ1) is 10.2. The molecule has 0 bridgehead atoms. The van der Waals surface area contributed by atoms with Crippen LogP contribution in [0.2, 0.25) is 0 Å². The standard InChI is InChI=1S/C19H24FN/c1-4-15-8-6-7-9-18(15)19(21-5-2)13-16-10-11-17(20)12-14(16)3/h6-12,19,21H,4-5,13H2,1-3H3. The van der Waals surface area contributed by atoms with Gasteiger partial charge >= 0.3 is 0 Å². The predicted octanol–water partition coefficient (Wildman–Crippen LogP) is 4.59. The molecule has 0 spiro atoms. The van der Waals surface area contributed by atoms with Gasteiger partial charge in [-0.25, -0.2) is 4.39 Å². The van der Waals surface area contributed by atoms with Gasteiger partial charge in [-0.2, -0.15) is 0 Å². The van der Waals surface area contributed by atoms with Crippen molar-refractivity contribution in [2.45, 2.75) is 39.7 Å².